The normalized spacial score (nSPS) is 14.7. The van der Waals surface area contributed by atoms with E-state index in [2.05, 4.69) is 0 Å². The Morgan fingerprint density at radius 1 is 0.789 bits per heavy atom. The number of rotatable bonds is 9. The number of hydrogen-bond acceptors (Lipinski definition) is 5. The Balaban J connectivity index is 1.22. The van der Waals surface area contributed by atoms with Gasteiger partial charge in [0.25, 0.3) is 5.91 Å². The Bertz CT molecular complexity index is 1410. The molecule has 1 aliphatic heterocycles. The number of hydrogen-bond donors (Lipinski definition) is 0. The van der Waals surface area contributed by atoms with E-state index in [4.69, 9.17) is 16.3 Å². The summed E-state index contributed by atoms with van der Waals surface area (Å²) in [5.41, 5.74) is 1.78. The number of carbonyl (C=O) groups is 2. The minimum atomic E-state index is -3.64. The number of ether oxygens (including phenoxy) is 1. The number of nitrogens with zero attached hydrogens (tertiary/aromatic N) is 2. The molecule has 7 nitrogen and oxygen atoms in total. The molecule has 4 rings (SSSR count). The summed E-state index contributed by atoms with van der Waals surface area (Å²) < 4.78 is 32.6. The second-order valence-electron chi connectivity index (χ2n) is 8.58. The van der Waals surface area contributed by atoms with Crippen LogP contribution < -0.4 is 4.74 Å². The zero-order valence-electron chi connectivity index (χ0n) is 20.6. The van der Waals surface area contributed by atoms with Gasteiger partial charge in [0.1, 0.15) is 5.75 Å². The van der Waals surface area contributed by atoms with E-state index < -0.39 is 10.0 Å². The largest absolute Gasteiger partial charge is 0.484 e. The first-order valence-electron chi connectivity index (χ1n) is 12.0. The van der Waals surface area contributed by atoms with Crippen LogP contribution in [0.2, 0.25) is 5.02 Å². The van der Waals surface area contributed by atoms with Crippen molar-refractivity contribution in [3.05, 3.63) is 107 Å². The van der Waals surface area contributed by atoms with E-state index in [-0.39, 0.29) is 49.4 Å². The highest BCUT2D eigenvalue weighted by molar-refractivity contribution is 7.89. The average molecular weight is 551 g/mol. The lowest BCUT2D eigenvalue weighted by atomic mass is 10.1. The molecule has 0 aliphatic carbocycles. The third-order valence-corrected chi connectivity index (χ3v) is 8.13. The Hall–Kier alpha value is -3.72. The quantitative estimate of drug-likeness (QED) is 0.365. The number of amides is 1. The third kappa shape index (κ3) is 7.41. The first kappa shape index (κ1) is 27.3. The van der Waals surface area contributed by atoms with Gasteiger partial charge in [0.05, 0.1) is 4.90 Å². The van der Waals surface area contributed by atoms with Crippen molar-refractivity contribution in [3.63, 3.8) is 0 Å². The Kier molecular flexibility index (Phi) is 9.12. The Morgan fingerprint density at radius 3 is 1.97 bits per heavy atom. The van der Waals surface area contributed by atoms with Gasteiger partial charge in [-0.05, 0) is 59.7 Å². The molecule has 0 N–H and O–H groups in total. The van der Waals surface area contributed by atoms with Crippen LogP contribution in [0.3, 0.4) is 0 Å². The number of ketones is 1. The monoisotopic (exact) mass is 550 g/mol. The topological polar surface area (TPSA) is 84.0 Å². The summed E-state index contributed by atoms with van der Waals surface area (Å²) >= 11 is 5.86. The van der Waals surface area contributed by atoms with Crippen LogP contribution in [0, 0.1) is 0 Å². The van der Waals surface area contributed by atoms with Crippen LogP contribution in [0.15, 0.2) is 95.9 Å². The van der Waals surface area contributed by atoms with Gasteiger partial charge in [0.2, 0.25) is 10.0 Å². The highest BCUT2D eigenvalue weighted by Crippen LogP contribution is 2.20. The van der Waals surface area contributed by atoms with E-state index in [1.54, 1.807) is 53.5 Å². The second-order valence-corrected chi connectivity index (χ2v) is 11.0. The molecule has 0 bridgehead atoms. The van der Waals surface area contributed by atoms with Crippen LogP contribution in [0.4, 0.5) is 0 Å². The summed E-state index contributed by atoms with van der Waals surface area (Å²) in [6, 6.07) is 22.7. The Labute approximate surface area is 227 Å². The standard InChI is InChI=1S/C29H27ClN2O5S/c30-25-10-16-28(17-11-25)38(35,36)32-20-18-31(19-21-32)29(34)22-37-27-14-8-24(9-15-27)7-13-26(33)12-6-23-4-2-1-3-5-23/h1-17H,18-22H2. The molecule has 1 heterocycles. The smallest absolute Gasteiger partial charge is 0.260 e. The minimum Gasteiger partial charge on any atom is -0.484 e. The van der Waals surface area contributed by atoms with Gasteiger partial charge in [0, 0.05) is 31.2 Å². The highest BCUT2D eigenvalue weighted by atomic mass is 35.5. The van der Waals surface area contributed by atoms with Crippen molar-refractivity contribution in [2.24, 2.45) is 0 Å². The van der Waals surface area contributed by atoms with Crippen LogP contribution in [-0.4, -0.2) is 62.1 Å². The molecule has 1 aliphatic rings. The lowest BCUT2D eigenvalue weighted by Crippen LogP contribution is -2.51. The van der Waals surface area contributed by atoms with Gasteiger partial charge in [-0.25, -0.2) is 8.42 Å². The van der Waals surface area contributed by atoms with Crippen LogP contribution in [0.5, 0.6) is 5.75 Å². The maximum Gasteiger partial charge on any atom is 0.260 e. The van der Waals surface area contributed by atoms with Crippen LogP contribution in [0.25, 0.3) is 12.2 Å². The van der Waals surface area contributed by atoms with Gasteiger partial charge in [-0.1, -0.05) is 66.2 Å². The van der Waals surface area contributed by atoms with Gasteiger partial charge in [-0.2, -0.15) is 4.31 Å². The molecule has 0 radical (unpaired) electrons. The predicted molar refractivity (Wildman–Crippen MR) is 148 cm³/mol. The molecule has 196 valence electrons. The number of allylic oxidation sites excluding steroid dienone is 2. The zero-order chi connectivity index (χ0) is 27.0. The predicted octanol–water partition coefficient (Wildman–Crippen LogP) is 4.55. The SMILES string of the molecule is O=C(C=Cc1ccccc1)C=Cc1ccc(OCC(=O)N2CCN(S(=O)(=O)c3ccc(Cl)cc3)CC2)cc1. The number of halogens is 1. The third-order valence-electron chi connectivity index (χ3n) is 5.96. The van der Waals surface area contributed by atoms with Crippen LogP contribution in [-0.2, 0) is 19.6 Å². The molecule has 0 spiro atoms. The lowest BCUT2D eigenvalue weighted by molar-refractivity contribution is -0.134. The molecule has 3 aromatic carbocycles. The van der Waals surface area contributed by atoms with Gasteiger partial charge < -0.3 is 9.64 Å². The molecule has 3 aromatic rings. The van der Waals surface area contributed by atoms with E-state index in [0.29, 0.717) is 10.8 Å². The van der Waals surface area contributed by atoms with E-state index in [9.17, 15) is 18.0 Å². The van der Waals surface area contributed by atoms with Crippen molar-refractivity contribution in [2.75, 3.05) is 32.8 Å². The molecule has 9 heteroatoms. The molecule has 1 fully saturated rings. The fourth-order valence-corrected chi connectivity index (χ4v) is 5.37. The molecule has 0 atom stereocenters. The average Bonchev–Trinajstić information content (AvgIpc) is 2.95. The number of sulfonamides is 1. The molecule has 1 saturated heterocycles. The molecule has 0 aromatic heterocycles. The van der Waals surface area contributed by atoms with E-state index in [1.165, 1.54) is 28.6 Å². The molecule has 0 unspecified atom stereocenters. The van der Waals surface area contributed by atoms with Crippen molar-refractivity contribution in [2.45, 2.75) is 4.90 Å². The van der Waals surface area contributed by atoms with E-state index >= 15 is 0 Å². The van der Waals surface area contributed by atoms with Gasteiger partial charge >= 0.3 is 0 Å². The minimum absolute atomic E-state index is 0.124. The first-order chi connectivity index (χ1) is 18.3. The van der Waals surface area contributed by atoms with Crippen molar-refractivity contribution in [1.29, 1.82) is 0 Å². The second kappa shape index (κ2) is 12.7. The maximum absolute atomic E-state index is 12.8. The number of piperazine rings is 1. The fraction of sp³-hybridized carbons (Fsp3) is 0.172. The molecule has 38 heavy (non-hydrogen) atoms. The van der Waals surface area contributed by atoms with Crippen molar-refractivity contribution < 1.29 is 22.7 Å². The summed E-state index contributed by atoms with van der Waals surface area (Å²) in [5.74, 6) is 0.184. The summed E-state index contributed by atoms with van der Waals surface area (Å²) in [6.45, 7) is 0.826. The summed E-state index contributed by atoms with van der Waals surface area (Å²) in [4.78, 5) is 26.4. The molecule has 0 saturated carbocycles. The molecule has 1 amide bonds. The number of benzene rings is 3. The van der Waals surface area contributed by atoms with Gasteiger partial charge in [-0.3, -0.25) is 9.59 Å². The van der Waals surface area contributed by atoms with Crippen molar-refractivity contribution in [3.8, 4) is 5.75 Å². The Morgan fingerprint density at radius 2 is 1.37 bits per heavy atom. The highest BCUT2D eigenvalue weighted by Gasteiger charge is 2.30. The maximum atomic E-state index is 12.8. The summed E-state index contributed by atoms with van der Waals surface area (Å²) in [7, 11) is -3.64. The van der Waals surface area contributed by atoms with Crippen molar-refractivity contribution in [1.82, 2.24) is 9.21 Å². The first-order valence-corrected chi connectivity index (χ1v) is 13.8. The number of carbonyl (C=O) groups excluding carboxylic acids is 2. The molecular formula is C29H27ClN2O5S. The zero-order valence-corrected chi connectivity index (χ0v) is 22.1. The van der Waals surface area contributed by atoms with Crippen LogP contribution in [0.1, 0.15) is 11.1 Å². The van der Waals surface area contributed by atoms with E-state index in [0.717, 1.165) is 11.1 Å². The van der Waals surface area contributed by atoms with Crippen LogP contribution >= 0.6 is 11.6 Å². The summed E-state index contributed by atoms with van der Waals surface area (Å²) in [5, 5.41) is 0.465. The van der Waals surface area contributed by atoms with Gasteiger partial charge in [0.15, 0.2) is 12.4 Å². The lowest BCUT2D eigenvalue weighted by Gasteiger charge is -2.34. The molecular weight excluding hydrogens is 524 g/mol. The van der Waals surface area contributed by atoms with E-state index in [1.807, 2.05) is 30.3 Å². The fourth-order valence-electron chi connectivity index (χ4n) is 3.82. The van der Waals surface area contributed by atoms with Crippen molar-refractivity contribution >= 4 is 45.5 Å². The van der Waals surface area contributed by atoms with Gasteiger partial charge in [-0.15, -0.1) is 0 Å². The summed E-state index contributed by atoms with van der Waals surface area (Å²) in [6.07, 6.45) is 6.48.